The van der Waals surface area contributed by atoms with Crippen molar-refractivity contribution in [1.82, 2.24) is 4.98 Å². The van der Waals surface area contributed by atoms with Crippen LogP contribution in [0.25, 0.3) is 22.4 Å². The zero-order valence-corrected chi connectivity index (χ0v) is 22.8. The molecule has 3 nitrogen and oxygen atoms in total. The van der Waals surface area contributed by atoms with Gasteiger partial charge in [-0.3, -0.25) is 4.98 Å². The standard InChI is InChI=1S/C19H5Cl10NO2/c1-32-19(31)5-2-4(6-8(20)12(24)16(28)13(25)9(6)21)3-30-18(5)7-10(22)14(26)17(29)15(27)11(7)23/h2-3H,1H3. The summed E-state index contributed by atoms with van der Waals surface area (Å²) in [7, 11) is 1.18. The first-order chi connectivity index (χ1) is 14.9. The van der Waals surface area contributed by atoms with Crippen molar-refractivity contribution in [2.75, 3.05) is 7.11 Å². The molecule has 3 rings (SSSR count). The Morgan fingerprint density at radius 1 is 0.656 bits per heavy atom. The first-order valence-electron chi connectivity index (χ1n) is 8.05. The molecule has 0 N–H and O–H groups in total. The summed E-state index contributed by atoms with van der Waals surface area (Å²) in [4.78, 5) is 17.0. The average molecular weight is 634 g/mol. The summed E-state index contributed by atoms with van der Waals surface area (Å²) in [6, 6.07) is 1.39. The minimum Gasteiger partial charge on any atom is -0.465 e. The number of nitrogens with zero attached hydrogens (tertiary/aromatic N) is 1. The lowest BCUT2D eigenvalue weighted by molar-refractivity contribution is 0.0601. The maximum absolute atomic E-state index is 12.6. The number of ether oxygens (including phenoxy) is 1. The lowest BCUT2D eigenvalue weighted by Crippen LogP contribution is -2.07. The predicted octanol–water partition coefficient (Wildman–Crippen LogP) is 10.7. The molecule has 0 radical (unpaired) electrons. The van der Waals surface area contributed by atoms with Gasteiger partial charge in [-0.2, -0.15) is 0 Å². The van der Waals surface area contributed by atoms with Crippen LogP contribution in [0.15, 0.2) is 12.3 Å². The van der Waals surface area contributed by atoms with Crippen LogP contribution in [0.2, 0.25) is 50.2 Å². The molecule has 1 aromatic heterocycles. The summed E-state index contributed by atoms with van der Waals surface area (Å²) in [5.41, 5.74) is 0.514. The molecular formula is C19H5Cl10NO2. The van der Waals surface area contributed by atoms with E-state index in [9.17, 15) is 4.79 Å². The van der Waals surface area contributed by atoms with Crippen molar-refractivity contribution in [2.45, 2.75) is 0 Å². The number of benzene rings is 2. The zero-order valence-electron chi connectivity index (χ0n) is 15.2. The molecule has 2 aromatic carbocycles. The van der Waals surface area contributed by atoms with Gasteiger partial charge in [0.15, 0.2) is 0 Å². The van der Waals surface area contributed by atoms with Crippen molar-refractivity contribution >= 4 is 122 Å². The third-order valence-electron chi connectivity index (χ3n) is 4.24. The quantitative estimate of drug-likeness (QED) is 0.164. The van der Waals surface area contributed by atoms with Crippen molar-refractivity contribution in [2.24, 2.45) is 0 Å². The smallest absolute Gasteiger partial charge is 0.340 e. The number of rotatable bonds is 3. The van der Waals surface area contributed by atoms with Gasteiger partial charge in [0.25, 0.3) is 0 Å². The number of esters is 1. The summed E-state index contributed by atoms with van der Waals surface area (Å²) in [5, 5.41) is -0.372. The molecule has 0 saturated carbocycles. The average Bonchev–Trinajstić information content (AvgIpc) is 2.79. The summed E-state index contributed by atoms with van der Waals surface area (Å²) in [5.74, 6) is -0.776. The van der Waals surface area contributed by atoms with Gasteiger partial charge in [0.2, 0.25) is 0 Å². The number of methoxy groups -OCH3 is 1. The highest BCUT2D eigenvalue weighted by Gasteiger charge is 2.27. The van der Waals surface area contributed by atoms with Crippen molar-refractivity contribution < 1.29 is 9.53 Å². The molecule has 13 heteroatoms. The van der Waals surface area contributed by atoms with Gasteiger partial charge in [-0.25, -0.2) is 4.79 Å². The largest absolute Gasteiger partial charge is 0.465 e. The maximum Gasteiger partial charge on any atom is 0.340 e. The molecule has 0 fully saturated rings. The number of carbonyl (C=O) groups excluding carboxylic acids is 1. The van der Waals surface area contributed by atoms with Crippen LogP contribution in [-0.4, -0.2) is 18.1 Å². The third kappa shape index (κ3) is 4.47. The van der Waals surface area contributed by atoms with Crippen molar-refractivity contribution in [1.29, 1.82) is 0 Å². The maximum atomic E-state index is 12.6. The number of carbonyl (C=O) groups is 1. The molecule has 0 spiro atoms. The fourth-order valence-electron chi connectivity index (χ4n) is 2.74. The molecule has 0 aliphatic carbocycles. The Labute approximate surface area is 232 Å². The fourth-order valence-corrected chi connectivity index (χ4v) is 5.41. The van der Waals surface area contributed by atoms with Crippen LogP contribution in [0.5, 0.6) is 0 Å². The van der Waals surface area contributed by atoms with E-state index in [2.05, 4.69) is 4.98 Å². The van der Waals surface area contributed by atoms with Crippen LogP contribution in [0, 0.1) is 0 Å². The van der Waals surface area contributed by atoms with Gasteiger partial charge in [-0.15, -0.1) is 0 Å². The first-order valence-corrected chi connectivity index (χ1v) is 11.8. The summed E-state index contributed by atoms with van der Waals surface area (Å²) in [6.07, 6.45) is 1.35. The number of halogens is 10. The molecule has 0 bridgehead atoms. The minimum atomic E-state index is -0.776. The molecule has 0 aliphatic heterocycles. The lowest BCUT2D eigenvalue weighted by Gasteiger charge is -2.17. The number of aromatic nitrogens is 1. The molecule has 0 unspecified atom stereocenters. The lowest BCUT2D eigenvalue weighted by atomic mass is 10.00. The topological polar surface area (TPSA) is 39.2 Å². The van der Waals surface area contributed by atoms with Crippen LogP contribution in [-0.2, 0) is 4.74 Å². The minimum absolute atomic E-state index is 0.00470. The van der Waals surface area contributed by atoms with Crippen LogP contribution in [0.3, 0.4) is 0 Å². The second kappa shape index (κ2) is 10.3. The molecular weight excluding hydrogens is 629 g/mol. The molecule has 0 amide bonds. The highest BCUT2D eigenvalue weighted by atomic mass is 35.5. The van der Waals surface area contributed by atoms with E-state index >= 15 is 0 Å². The zero-order chi connectivity index (χ0) is 24.1. The summed E-state index contributed by atoms with van der Waals surface area (Å²) >= 11 is 62.2. The van der Waals surface area contributed by atoms with Crippen LogP contribution in [0.4, 0.5) is 0 Å². The van der Waals surface area contributed by atoms with E-state index in [0.29, 0.717) is 0 Å². The second-order valence-corrected chi connectivity index (χ2v) is 9.78. The number of pyridine rings is 1. The van der Waals surface area contributed by atoms with Gasteiger partial charge < -0.3 is 4.74 Å². The van der Waals surface area contributed by atoms with E-state index in [-0.39, 0.29) is 78.2 Å². The Kier molecular flexibility index (Phi) is 8.54. The third-order valence-corrected chi connectivity index (χ3v) is 8.79. The molecule has 32 heavy (non-hydrogen) atoms. The monoisotopic (exact) mass is 629 g/mol. The molecule has 168 valence electrons. The second-order valence-electron chi connectivity index (χ2n) is 6.00. The highest BCUT2D eigenvalue weighted by Crippen LogP contribution is 2.51. The van der Waals surface area contributed by atoms with Crippen molar-refractivity contribution in [3.63, 3.8) is 0 Å². The fraction of sp³-hybridized carbons (Fsp3) is 0.0526. The van der Waals surface area contributed by atoms with E-state index in [1.165, 1.54) is 19.4 Å². The Morgan fingerprint density at radius 3 is 1.44 bits per heavy atom. The van der Waals surface area contributed by atoms with Gasteiger partial charge in [0.1, 0.15) is 0 Å². The van der Waals surface area contributed by atoms with Gasteiger partial charge in [-0.1, -0.05) is 116 Å². The normalized spacial score (nSPS) is 11.1. The molecule has 0 saturated heterocycles. The van der Waals surface area contributed by atoms with Gasteiger partial charge >= 0.3 is 5.97 Å². The predicted molar refractivity (Wildman–Crippen MR) is 137 cm³/mol. The summed E-state index contributed by atoms with van der Waals surface area (Å²) < 4.78 is 4.88. The Bertz CT molecular complexity index is 1230. The molecule has 0 aliphatic rings. The van der Waals surface area contributed by atoms with Gasteiger partial charge in [0.05, 0.1) is 68.6 Å². The van der Waals surface area contributed by atoms with E-state index in [1.54, 1.807) is 0 Å². The Balaban J connectivity index is 2.39. The highest BCUT2D eigenvalue weighted by molar-refractivity contribution is 6.57. The van der Waals surface area contributed by atoms with Gasteiger partial charge in [-0.05, 0) is 6.07 Å². The Hall–Kier alpha value is -0.0400. The van der Waals surface area contributed by atoms with E-state index < -0.39 is 5.97 Å². The number of hydrogen-bond donors (Lipinski definition) is 0. The van der Waals surface area contributed by atoms with Crippen LogP contribution >= 0.6 is 116 Å². The van der Waals surface area contributed by atoms with Crippen molar-refractivity contribution in [3.8, 4) is 22.4 Å². The SMILES string of the molecule is COC(=O)c1cc(-c2c(Cl)c(Cl)c(Cl)c(Cl)c2Cl)cnc1-c1c(Cl)c(Cl)c(Cl)c(Cl)c1Cl. The van der Waals surface area contributed by atoms with Gasteiger partial charge in [0, 0.05) is 22.9 Å². The van der Waals surface area contributed by atoms with E-state index in [1.807, 2.05) is 0 Å². The number of hydrogen-bond acceptors (Lipinski definition) is 3. The Morgan fingerprint density at radius 2 is 1.03 bits per heavy atom. The molecule has 1 heterocycles. The summed E-state index contributed by atoms with van der Waals surface area (Å²) in [6.45, 7) is 0. The first kappa shape index (κ1) is 26.6. The van der Waals surface area contributed by atoms with Crippen LogP contribution < -0.4 is 0 Å². The molecule has 3 aromatic rings. The molecule has 0 atom stereocenters. The van der Waals surface area contributed by atoms with E-state index in [4.69, 9.17) is 121 Å². The van der Waals surface area contributed by atoms with E-state index in [0.717, 1.165) is 0 Å². The van der Waals surface area contributed by atoms with Crippen molar-refractivity contribution in [3.05, 3.63) is 68.1 Å². The van der Waals surface area contributed by atoms with Crippen LogP contribution in [0.1, 0.15) is 10.4 Å².